The lowest BCUT2D eigenvalue weighted by atomic mass is 10.1. The molecule has 142 valence electrons. The molecule has 0 fully saturated rings. The van der Waals surface area contributed by atoms with E-state index in [2.05, 4.69) is 22.5 Å². The van der Waals surface area contributed by atoms with Crippen molar-refractivity contribution in [2.45, 2.75) is 13.3 Å². The highest BCUT2D eigenvalue weighted by Crippen LogP contribution is 2.23. The number of aryl methyl sites for hydroxylation is 1. The van der Waals surface area contributed by atoms with E-state index in [1.807, 2.05) is 30.3 Å². The SMILES string of the molecule is CCc1ccc(NC(=O)c2cncc(C(=O)Nc3ccccc3OC)c2)cc1. The highest BCUT2D eigenvalue weighted by atomic mass is 16.5. The normalized spacial score (nSPS) is 10.2. The maximum absolute atomic E-state index is 12.5. The maximum atomic E-state index is 12.5. The molecule has 0 spiro atoms. The van der Waals surface area contributed by atoms with E-state index in [0.29, 0.717) is 22.7 Å². The third kappa shape index (κ3) is 4.54. The second kappa shape index (κ2) is 8.81. The van der Waals surface area contributed by atoms with Crippen LogP contribution in [0.25, 0.3) is 0 Å². The molecule has 0 saturated heterocycles. The number of carbonyl (C=O) groups is 2. The maximum Gasteiger partial charge on any atom is 0.257 e. The number of hydrogen-bond acceptors (Lipinski definition) is 4. The second-order valence-corrected chi connectivity index (χ2v) is 6.12. The largest absolute Gasteiger partial charge is 0.495 e. The zero-order valence-electron chi connectivity index (χ0n) is 15.7. The summed E-state index contributed by atoms with van der Waals surface area (Å²) in [6.07, 6.45) is 3.77. The summed E-state index contributed by atoms with van der Waals surface area (Å²) >= 11 is 0. The Bertz CT molecular complexity index is 984. The summed E-state index contributed by atoms with van der Waals surface area (Å²) in [5, 5.41) is 5.58. The van der Waals surface area contributed by atoms with Gasteiger partial charge < -0.3 is 15.4 Å². The number of hydrogen-bond donors (Lipinski definition) is 2. The first-order valence-electron chi connectivity index (χ1n) is 8.90. The number of amides is 2. The molecule has 6 nitrogen and oxygen atoms in total. The molecule has 0 aliphatic carbocycles. The van der Waals surface area contributed by atoms with Crippen molar-refractivity contribution in [1.82, 2.24) is 4.98 Å². The molecule has 1 aromatic heterocycles. The summed E-state index contributed by atoms with van der Waals surface area (Å²) in [5.74, 6) is -0.157. The van der Waals surface area contributed by atoms with Gasteiger partial charge in [-0.1, -0.05) is 31.2 Å². The van der Waals surface area contributed by atoms with Crippen LogP contribution >= 0.6 is 0 Å². The van der Waals surface area contributed by atoms with Crippen LogP contribution in [0.15, 0.2) is 67.0 Å². The number of carbonyl (C=O) groups excluding carboxylic acids is 2. The van der Waals surface area contributed by atoms with Crippen molar-refractivity contribution in [3.8, 4) is 5.75 Å². The van der Waals surface area contributed by atoms with Gasteiger partial charge in [-0.15, -0.1) is 0 Å². The summed E-state index contributed by atoms with van der Waals surface area (Å²) in [4.78, 5) is 29.1. The van der Waals surface area contributed by atoms with E-state index in [1.54, 1.807) is 18.2 Å². The first-order chi connectivity index (χ1) is 13.6. The van der Waals surface area contributed by atoms with Gasteiger partial charge in [0, 0.05) is 18.1 Å². The molecule has 3 rings (SSSR count). The molecule has 0 aliphatic heterocycles. The van der Waals surface area contributed by atoms with Crippen LogP contribution in [0, 0.1) is 0 Å². The summed E-state index contributed by atoms with van der Waals surface area (Å²) in [6.45, 7) is 2.07. The minimum absolute atomic E-state index is 0.278. The Hall–Kier alpha value is -3.67. The number of benzene rings is 2. The number of anilines is 2. The van der Waals surface area contributed by atoms with Crippen molar-refractivity contribution in [3.05, 3.63) is 83.7 Å². The minimum Gasteiger partial charge on any atom is -0.495 e. The number of pyridine rings is 1. The quantitative estimate of drug-likeness (QED) is 0.678. The van der Waals surface area contributed by atoms with Gasteiger partial charge in [0.05, 0.1) is 23.9 Å². The molecule has 0 unspecified atom stereocenters. The fourth-order valence-corrected chi connectivity index (χ4v) is 2.66. The highest BCUT2D eigenvalue weighted by molar-refractivity contribution is 6.08. The molecule has 6 heteroatoms. The molecule has 0 saturated carbocycles. The number of nitrogens with zero attached hydrogens (tertiary/aromatic N) is 1. The summed E-state index contributed by atoms with van der Waals surface area (Å²) in [7, 11) is 1.53. The van der Waals surface area contributed by atoms with Crippen molar-refractivity contribution in [2.24, 2.45) is 0 Å². The first-order valence-corrected chi connectivity index (χ1v) is 8.90. The third-order valence-corrected chi connectivity index (χ3v) is 4.24. The fraction of sp³-hybridized carbons (Fsp3) is 0.136. The van der Waals surface area contributed by atoms with Gasteiger partial charge in [0.25, 0.3) is 11.8 Å². The average Bonchev–Trinajstić information content (AvgIpc) is 2.74. The van der Waals surface area contributed by atoms with E-state index in [9.17, 15) is 9.59 Å². The van der Waals surface area contributed by atoms with E-state index in [-0.39, 0.29) is 17.4 Å². The van der Waals surface area contributed by atoms with Crippen molar-refractivity contribution >= 4 is 23.2 Å². The van der Waals surface area contributed by atoms with Gasteiger partial charge in [-0.05, 0) is 42.3 Å². The lowest BCUT2D eigenvalue weighted by Crippen LogP contribution is -2.16. The van der Waals surface area contributed by atoms with Gasteiger partial charge in [-0.25, -0.2) is 0 Å². The zero-order chi connectivity index (χ0) is 19.9. The average molecular weight is 375 g/mol. The van der Waals surface area contributed by atoms with E-state index in [4.69, 9.17) is 4.74 Å². The topological polar surface area (TPSA) is 80.3 Å². The Morgan fingerprint density at radius 3 is 2.21 bits per heavy atom. The minimum atomic E-state index is -0.376. The van der Waals surface area contributed by atoms with Gasteiger partial charge in [0.15, 0.2) is 0 Å². The molecule has 28 heavy (non-hydrogen) atoms. The number of ether oxygens (including phenoxy) is 1. The molecule has 0 bridgehead atoms. The Morgan fingerprint density at radius 2 is 1.57 bits per heavy atom. The van der Waals surface area contributed by atoms with Crippen LogP contribution in [0.5, 0.6) is 5.75 Å². The Labute approximate surface area is 163 Å². The van der Waals surface area contributed by atoms with Gasteiger partial charge >= 0.3 is 0 Å². The van der Waals surface area contributed by atoms with E-state index >= 15 is 0 Å². The summed E-state index contributed by atoms with van der Waals surface area (Å²) in [6, 6.07) is 16.2. The predicted molar refractivity (Wildman–Crippen MR) is 109 cm³/mol. The van der Waals surface area contributed by atoms with E-state index < -0.39 is 0 Å². The molecule has 0 aliphatic rings. The van der Waals surface area contributed by atoms with Gasteiger partial charge in [-0.2, -0.15) is 0 Å². The van der Waals surface area contributed by atoms with Crippen molar-refractivity contribution in [2.75, 3.05) is 17.7 Å². The predicted octanol–water partition coefficient (Wildman–Crippen LogP) is 4.16. The Kier molecular flexibility index (Phi) is 6.01. The van der Waals surface area contributed by atoms with Crippen LogP contribution in [-0.4, -0.2) is 23.9 Å². The van der Waals surface area contributed by atoms with Gasteiger partial charge in [-0.3, -0.25) is 14.6 Å². The van der Waals surface area contributed by atoms with Crippen LogP contribution in [0.1, 0.15) is 33.2 Å². The standard InChI is InChI=1S/C22H21N3O3/c1-3-15-8-10-18(11-9-15)24-21(26)16-12-17(14-23-13-16)22(27)25-19-6-4-5-7-20(19)28-2/h4-14H,3H2,1-2H3,(H,24,26)(H,25,27). The zero-order valence-corrected chi connectivity index (χ0v) is 15.7. The monoisotopic (exact) mass is 375 g/mol. The van der Waals surface area contributed by atoms with Crippen LogP contribution in [0.3, 0.4) is 0 Å². The number of aromatic nitrogens is 1. The lowest BCUT2D eigenvalue weighted by molar-refractivity contribution is 0.102. The molecule has 2 aromatic carbocycles. The van der Waals surface area contributed by atoms with Crippen LogP contribution < -0.4 is 15.4 Å². The molecule has 1 heterocycles. The van der Waals surface area contributed by atoms with E-state index in [0.717, 1.165) is 6.42 Å². The van der Waals surface area contributed by atoms with Crippen molar-refractivity contribution in [1.29, 1.82) is 0 Å². The lowest BCUT2D eigenvalue weighted by Gasteiger charge is -2.10. The van der Waals surface area contributed by atoms with Crippen LogP contribution in [0.2, 0.25) is 0 Å². The first kappa shape index (κ1) is 19.1. The fourth-order valence-electron chi connectivity index (χ4n) is 2.66. The van der Waals surface area contributed by atoms with Crippen molar-refractivity contribution in [3.63, 3.8) is 0 Å². The number of rotatable bonds is 6. The van der Waals surface area contributed by atoms with Crippen LogP contribution in [0.4, 0.5) is 11.4 Å². The molecule has 2 N–H and O–H groups in total. The Balaban J connectivity index is 1.73. The van der Waals surface area contributed by atoms with Crippen LogP contribution in [-0.2, 0) is 6.42 Å². The third-order valence-electron chi connectivity index (χ3n) is 4.24. The second-order valence-electron chi connectivity index (χ2n) is 6.12. The van der Waals surface area contributed by atoms with Gasteiger partial charge in [0.2, 0.25) is 0 Å². The Morgan fingerprint density at radius 1 is 0.929 bits per heavy atom. The molecular weight excluding hydrogens is 354 g/mol. The number of para-hydroxylation sites is 2. The smallest absolute Gasteiger partial charge is 0.257 e. The van der Waals surface area contributed by atoms with Gasteiger partial charge in [0.1, 0.15) is 5.75 Å². The molecule has 2 amide bonds. The molecule has 3 aromatic rings. The number of methoxy groups -OCH3 is 1. The highest BCUT2D eigenvalue weighted by Gasteiger charge is 2.13. The summed E-state index contributed by atoms with van der Waals surface area (Å²) < 4.78 is 5.23. The van der Waals surface area contributed by atoms with Crippen molar-refractivity contribution < 1.29 is 14.3 Å². The summed E-state index contributed by atoms with van der Waals surface area (Å²) in [5.41, 5.74) is 2.99. The molecule has 0 radical (unpaired) electrons. The number of nitrogens with one attached hydrogen (secondary N) is 2. The molecule has 0 atom stereocenters. The molecular formula is C22H21N3O3. The van der Waals surface area contributed by atoms with E-state index in [1.165, 1.54) is 31.1 Å².